The second-order valence-corrected chi connectivity index (χ2v) is 4.51. The predicted octanol–water partition coefficient (Wildman–Crippen LogP) is 1.64. The maximum atomic E-state index is 5.06. The Morgan fingerprint density at radius 3 is 2.79 bits per heavy atom. The SMILES string of the molecule is CC(C)(C)n1cnc2c(=S)[nH]nnc21. The first-order chi connectivity index (χ1) is 6.50. The van der Waals surface area contributed by atoms with E-state index in [0.717, 1.165) is 5.65 Å². The third-order valence-electron chi connectivity index (χ3n) is 1.98. The fourth-order valence-corrected chi connectivity index (χ4v) is 1.44. The lowest BCUT2D eigenvalue weighted by atomic mass is 10.1. The summed E-state index contributed by atoms with van der Waals surface area (Å²) in [7, 11) is 0. The quantitative estimate of drug-likeness (QED) is 0.670. The zero-order chi connectivity index (χ0) is 10.3. The van der Waals surface area contributed by atoms with Gasteiger partial charge >= 0.3 is 0 Å². The van der Waals surface area contributed by atoms with Crippen molar-refractivity contribution in [2.24, 2.45) is 0 Å². The van der Waals surface area contributed by atoms with Crippen molar-refractivity contribution in [3.63, 3.8) is 0 Å². The summed E-state index contributed by atoms with van der Waals surface area (Å²) in [6, 6.07) is 0. The van der Waals surface area contributed by atoms with Crippen LogP contribution in [-0.2, 0) is 5.54 Å². The number of aromatic amines is 1. The molecule has 0 aliphatic heterocycles. The van der Waals surface area contributed by atoms with Crippen molar-refractivity contribution in [1.29, 1.82) is 0 Å². The fourth-order valence-electron chi connectivity index (χ4n) is 1.26. The minimum absolute atomic E-state index is 0.0629. The third kappa shape index (κ3) is 1.31. The lowest BCUT2D eigenvalue weighted by Crippen LogP contribution is -2.21. The molecule has 2 rings (SSSR count). The molecule has 2 aromatic rings. The van der Waals surface area contributed by atoms with Gasteiger partial charge in [0.15, 0.2) is 10.3 Å². The molecule has 1 N–H and O–H groups in total. The summed E-state index contributed by atoms with van der Waals surface area (Å²) in [5.74, 6) is 0. The van der Waals surface area contributed by atoms with Gasteiger partial charge in [-0.2, -0.15) is 0 Å². The second kappa shape index (κ2) is 2.84. The number of aromatic nitrogens is 5. The smallest absolute Gasteiger partial charge is 0.187 e. The van der Waals surface area contributed by atoms with E-state index in [9.17, 15) is 0 Å². The van der Waals surface area contributed by atoms with Crippen LogP contribution in [0.2, 0.25) is 0 Å². The van der Waals surface area contributed by atoms with Crippen LogP contribution in [0.4, 0.5) is 0 Å². The van der Waals surface area contributed by atoms with Crippen molar-refractivity contribution in [2.45, 2.75) is 26.3 Å². The molecule has 5 nitrogen and oxygen atoms in total. The number of hydrogen-bond acceptors (Lipinski definition) is 4. The van der Waals surface area contributed by atoms with Gasteiger partial charge in [0.2, 0.25) is 0 Å². The van der Waals surface area contributed by atoms with E-state index in [2.05, 4.69) is 41.2 Å². The molecule has 0 spiro atoms. The van der Waals surface area contributed by atoms with Gasteiger partial charge in [0, 0.05) is 5.54 Å². The van der Waals surface area contributed by atoms with Crippen molar-refractivity contribution >= 4 is 23.4 Å². The van der Waals surface area contributed by atoms with Gasteiger partial charge in [-0.15, -0.1) is 5.10 Å². The molecule has 0 radical (unpaired) electrons. The average molecular weight is 209 g/mol. The van der Waals surface area contributed by atoms with Crippen molar-refractivity contribution in [2.75, 3.05) is 0 Å². The molecule has 2 aromatic heterocycles. The van der Waals surface area contributed by atoms with Gasteiger partial charge in [-0.05, 0) is 20.8 Å². The van der Waals surface area contributed by atoms with E-state index >= 15 is 0 Å². The van der Waals surface area contributed by atoms with E-state index in [0.29, 0.717) is 10.2 Å². The summed E-state index contributed by atoms with van der Waals surface area (Å²) in [6.07, 6.45) is 1.74. The van der Waals surface area contributed by atoms with Gasteiger partial charge in [-0.3, -0.25) is 0 Å². The van der Waals surface area contributed by atoms with Crippen LogP contribution in [0.25, 0.3) is 11.2 Å². The van der Waals surface area contributed by atoms with E-state index in [1.807, 2.05) is 4.57 Å². The highest BCUT2D eigenvalue weighted by molar-refractivity contribution is 7.71. The Morgan fingerprint density at radius 1 is 1.43 bits per heavy atom. The van der Waals surface area contributed by atoms with E-state index in [4.69, 9.17) is 12.2 Å². The fraction of sp³-hybridized carbons (Fsp3) is 0.500. The summed E-state index contributed by atoms with van der Waals surface area (Å²) in [5.41, 5.74) is 1.36. The monoisotopic (exact) mass is 209 g/mol. The summed E-state index contributed by atoms with van der Waals surface area (Å²) in [4.78, 5) is 4.21. The number of H-pyrrole nitrogens is 1. The van der Waals surface area contributed by atoms with Crippen LogP contribution in [0.15, 0.2) is 6.33 Å². The lowest BCUT2D eigenvalue weighted by molar-refractivity contribution is 0.405. The molecule has 0 fully saturated rings. The molecule has 0 amide bonds. The molecule has 0 atom stereocenters. The minimum atomic E-state index is -0.0629. The van der Waals surface area contributed by atoms with E-state index in [-0.39, 0.29) is 5.54 Å². The number of hydrogen-bond donors (Lipinski definition) is 1. The minimum Gasteiger partial charge on any atom is -0.308 e. The molecule has 2 heterocycles. The van der Waals surface area contributed by atoms with Gasteiger partial charge in [0.1, 0.15) is 5.52 Å². The summed E-state index contributed by atoms with van der Waals surface area (Å²) < 4.78 is 2.48. The Bertz CT molecular complexity index is 518. The topological polar surface area (TPSA) is 59.4 Å². The number of imidazole rings is 1. The van der Waals surface area contributed by atoms with Crippen LogP contribution in [-0.4, -0.2) is 25.0 Å². The van der Waals surface area contributed by atoms with Crippen molar-refractivity contribution < 1.29 is 0 Å². The summed E-state index contributed by atoms with van der Waals surface area (Å²) in [6.45, 7) is 6.24. The molecular formula is C8H11N5S. The summed E-state index contributed by atoms with van der Waals surface area (Å²) in [5, 5.41) is 10.3. The number of rotatable bonds is 0. The normalized spacial score (nSPS) is 12.2. The zero-order valence-electron chi connectivity index (χ0n) is 8.27. The maximum absolute atomic E-state index is 5.06. The Kier molecular flexibility index (Phi) is 1.88. The highest BCUT2D eigenvalue weighted by atomic mass is 32.1. The van der Waals surface area contributed by atoms with Crippen LogP contribution >= 0.6 is 12.2 Å². The van der Waals surface area contributed by atoms with Crippen LogP contribution in [0.1, 0.15) is 20.8 Å². The largest absolute Gasteiger partial charge is 0.308 e. The van der Waals surface area contributed by atoms with Gasteiger partial charge in [-0.1, -0.05) is 17.4 Å². The third-order valence-corrected chi connectivity index (χ3v) is 2.26. The van der Waals surface area contributed by atoms with E-state index in [1.165, 1.54) is 0 Å². The zero-order valence-corrected chi connectivity index (χ0v) is 9.09. The van der Waals surface area contributed by atoms with Crippen LogP contribution in [0.5, 0.6) is 0 Å². The van der Waals surface area contributed by atoms with Crippen LogP contribution < -0.4 is 0 Å². The number of nitrogens with zero attached hydrogens (tertiary/aromatic N) is 4. The molecule has 74 valence electrons. The molecule has 0 saturated heterocycles. The molecule has 0 aliphatic carbocycles. The highest BCUT2D eigenvalue weighted by Crippen LogP contribution is 2.19. The van der Waals surface area contributed by atoms with Crippen molar-refractivity contribution in [1.82, 2.24) is 25.0 Å². The van der Waals surface area contributed by atoms with Gasteiger partial charge < -0.3 is 4.57 Å². The van der Waals surface area contributed by atoms with E-state index in [1.54, 1.807) is 6.33 Å². The van der Waals surface area contributed by atoms with Crippen molar-refractivity contribution in [3.8, 4) is 0 Å². The molecule has 14 heavy (non-hydrogen) atoms. The predicted molar refractivity (Wildman–Crippen MR) is 55.5 cm³/mol. The molecular weight excluding hydrogens is 198 g/mol. The maximum Gasteiger partial charge on any atom is 0.187 e. The van der Waals surface area contributed by atoms with E-state index < -0.39 is 0 Å². The standard InChI is InChI=1S/C8H11N5S/c1-8(2,3)13-4-9-5-6(13)10-12-11-7(5)14/h4H,1-3H3,(H,10,11,14). The Morgan fingerprint density at radius 2 is 2.14 bits per heavy atom. The Labute approximate surface area is 86.2 Å². The first-order valence-electron chi connectivity index (χ1n) is 4.29. The van der Waals surface area contributed by atoms with Gasteiger partial charge in [-0.25, -0.2) is 10.1 Å². The first kappa shape index (κ1) is 9.26. The molecule has 0 unspecified atom stereocenters. The summed E-state index contributed by atoms with van der Waals surface area (Å²) >= 11 is 5.06. The molecule has 0 bridgehead atoms. The first-order valence-corrected chi connectivity index (χ1v) is 4.70. The molecule has 6 heteroatoms. The molecule has 0 aliphatic rings. The molecule has 0 aromatic carbocycles. The average Bonchev–Trinajstić information content (AvgIpc) is 2.47. The molecule has 0 saturated carbocycles. The number of nitrogens with one attached hydrogen (secondary N) is 1. The lowest BCUT2D eigenvalue weighted by Gasteiger charge is -2.20. The van der Waals surface area contributed by atoms with Crippen molar-refractivity contribution in [3.05, 3.63) is 11.0 Å². The van der Waals surface area contributed by atoms with Crippen LogP contribution in [0.3, 0.4) is 0 Å². The second-order valence-electron chi connectivity index (χ2n) is 4.10. The Hall–Kier alpha value is -1.30. The number of fused-ring (bicyclic) bond motifs is 1. The Balaban J connectivity index is 2.83. The highest BCUT2D eigenvalue weighted by Gasteiger charge is 2.17. The van der Waals surface area contributed by atoms with Gasteiger partial charge in [0.05, 0.1) is 6.33 Å². The van der Waals surface area contributed by atoms with Gasteiger partial charge in [0.25, 0.3) is 0 Å². The van der Waals surface area contributed by atoms with Crippen LogP contribution in [0, 0.1) is 4.64 Å².